The van der Waals surface area contributed by atoms with E-state index in [4.69, 9.17) is 9.47 Å². The molecule has 0 radical (unpaired) electrons. The van der Waals surface area contributed by atoms with Gasteiger partial charge in [-0.1, -0.05) is 42.5 Å². The minimum absolute atomic E-state index is 0. The Hall–Kier alpha value is -2.08. The molecule has 2 aromatic rings. The van der Waals surface area contributed by atoms with E-state index >= 15 is 0 Å². The SMILES string of the molecule is COc1ccc(CCN(Cc2ccccc2)C(=O)C2CNCCO2)cc1.Cl. The van der Waals surface area contributed by atoms with Gasteiger partial charge in [0.25, 0.3) is 5.91 Å². The van der Waals surface area contributed by atoms with Crippen molar-refractivity contribution in [2.45, 2.75) is 19.1 Å². The summed E-state index contributed by atoms with van der Waals surface area (Å²) in [6.45, 7) is 3.20. The van der Waals surface area contributed by atoms with Gasteiger partial charge in [0.05, 0.1) is 13.7 Å². The van der Waals surface area contributed by atoms with Gasteiger partial charge >= 0.3 is 0 Å². The van der Waals surface area contributed by atoms with Gasteiger partial charge in [-0.3, -0.25) is 4.79 Å². The second kappa shape index (κ2) is 10.9. The maximum absolute atomic E-state index is 13.0. The molecule has 1 atom stereocenters. The Morgan fingerprint density at radius 3 is 2.52 bits per heavy atom. The molecule has 5 nitrogen and oxygen atoms in total. The lowest BCUT2D eigenvalue weighted by Crippen LogP contribution is -2.49. The Morgan fingerprint density at radius 2 is 1.89 bits per heavy atom. The number of hydrogen-bond acceptors (Lipinski definition) is 4. The van der Waals surface area contributed by atoms with E-state index in [9.17, 15) is 4.79 Å². The van der Waals surface area contributed by atoms with Crippen molar-refractivity contribution in [3.8, 4) is 5.75 Å². The predicted octanol–water partition coefficient (Wildman–Crippen LogP) is 2.68. The molecule has 2 aromatic carbocycles. The lowest BCUT2D eigenvalue weighted by atomic mass is 10.1. The van der Waals surface area contributed by atoms with Gasteiger partial charge in [-0.2, -0.15) is 0 Å². The van der Waals surface area contributed by atoms with E-state index in [0.29, 0.717) is 26.2 Å². The van der Waals surface area contributed by atoms with Gasteiger partial charge in [0, 0.05) is 26.2 Å². The molecular weight excluding hydrogens is 364 g/mol. The van der Waals surface area contributed by atoms with Crippen LogP contribution in [0.15, 0.2) is 54.6 Å². The molecule has 1 N–H and O–H groups in total. The summed E-state index contributed by atoms with van der Waals surface area (Å²) in [5.41, 5.74) is 2.30. The molecule has 0 bridgehead atoms. The third-order valence-electron chi connectivity index (χ3n) is 4.56. The van der Waals surface area contributed by atoms with Crippen LogP contribution in [-0.2, 0) is 22.5 Å². The molecule has 1 aliphatic rings. The zero-order chi connectivity index (χ0) is 18.2. The molecule has 1 fully saturated rings. The van der Waals surface area contributed by atoms with E-state index in [1.807, 2.05) is 59.5 Å². The molecule has 146 valence electrons. The summed E-state index contributed by atoms with van der Waals surface area (Å²) < 4.78 is 10.9. The van der Waals surface area contributed by atoms with Crippen molar-refractivity contribution in [2.75, 3.05) is 33.4 Å². The van der Waals surface area contributed by atoms with E-state index in [1.165, 1.54) is 5.56 Å². The Kier molecular flexibility index (Phi) is 8.58. The second-order valence-corrected chi connectivity index (χ2v) is 6.41. The highest BCUT2D eigenvalue weighted by molar-refractivity contribution is 5.85. The van der Waals surface area contributed by atoms with Gasteiger partial charge < -0.3 is 19.7 Å². The molecule has 3 rings (SSSR count). The van der Waals surface area contributed by atoms with Crippen LogP contribution in [0.1, 0.15) is 11.1 Å². The van der Waals surface area contributed by atoms with Crippen LogP contribution in [0.2, 0.25) is 0 Å². The van der Waals surface area contributed by atoms with Crippen LogP contribution in [0.3, 0.4) is 0 Å². The number of nitrogens with zero attached hydrogens (tertiary/aromatic N) is 1. The predicted molar refractivity (Wildman–Crippen MR) is 108 cm³/mol. The van der Waals surface area contributed by atoms with Crippen molar-refractivity contribution in [3.05, 3.63) is 65.7 Å². The monoisotopic (exact) mass is 390 g/mol. The molecule has 0 saturated carbocycles. The quantitative estimate of drug-likeness (QED) is 0.789. The second-order valence-electron chi connectivity index (χ2n) is 6.41. The number of carbonyl (C=O) groups is 1. The average molecular weight is 391 g/mol. The number of nitrogens with one attached hydrogen (secondary N) is 1. The fourth-order valence-corrected chi connectivity index (χ4v) is 3.05. The van der Waals surface area contributed by atoms with E-state index in [0.717, 1.165) is 24.3 Å². The first-order chi connectivity index (χ1) is 12.8. The number of rotatable bonds is 7. The first-order valence-corrected chi connectivity index (χ1v) is 9.04. The van der Waals surface area contributed by atoms with Gasteiger partial charge in [-0.25, -0.2) is 0 Å². The number of morpholine rings is 1. The normalized spacial score (nSPS) is 16.3. The summed E-state index contributed by atoms with van der Waals surface area (Å²) in [4.78, 5) is 14.9. The topological polar surface area (TPSA) is 50.8 Å². The Labute approximate surface area is 167 Å². The number of benzene rings is 2. The first-order valence-electron chi connectivity index (χ1n) is 9.04. The molecular formula is C21H27ClN2O3. The van der Waals surface area contributed by atoms with E-state index in [-0.39, 0.29) is 18.3 Å². The number of hydrogen-bond donors (Lipinski definition) is 1. The van der Waals surface area contributed by atoms with Crippen LogP contribution in [0.25, 0.3) is 0 Å². The van der Waals surface area contributed by atoms with Crippen LogP contribution < -0.4 is 10.1 Å². The molecule has 27 heavy (non-hydrogen) atoms. The summed E-state index contributed by atoms with van der Waals surface area (Å²) in [6.07, 6.45) is 0.395. The van der Waals surface area contributed by atoms with E-state index in [2.05, 4.69) is 5.32 Å². The van der Waals surface area contributed by atoms with Crippen molar-refractivity contribution in [2.24, 2.45) is 0 Å². The Balaban J connectivity index is 0.00000261. The summed E-state index contributed by atoms with van der Waals surface area (Å²) in [7, 11) is 1.66. The zero-order valence-corrected chi connectivity index (χ0v) is 16.4. The van der Waals surface area contributed by atoms with Crippen LogP contribution >= 0.6 is 12.4 Å². The highest BCUT2D eigenvalue weighted by Crippen LogP contribution is 2.14. The molecule has 6 heteroatoms. The number of carbonyl (C=O) groups excluding carboxylic acids is 1. The molecule has 0 aliphatic carbocycles. The van der Waals surface area contributed by atoms with Gasteiger partial charge in [0.15, 0.2) is 0 Å². The van der Waals surface area contributed by atoms with Crippen LogP contribution in [-0.4, -0.2) is 50.3 Å². The van der Waals surface area contributed by atoms with Crippen LogP contribution in [0.4, 0.5) is 0 Å². The molecule has 1 heterocycles. The van der Waals surface area contributed by atoms with Crippen LogP contribution in [0, 0.1) is 0 Å². The van der Waals surface area contributed by atoms with Crippen LogP contribution in [0.5, 0.6) is 5.75 Å². The lowest BCUT2D eigenvalue weighted by molar-refractivity contribution is -0.145. The summed E-state index contributed by atoms with van der Waals surface area (Å²) >= 11 is 0. The number of halogens is 1. The van der Waals surface area contributed by atoms with Crippen molar-refractivity contribution in [1.82, 2.24) is 10.2 Å². The van der Waals surface area contributed by atoms with Crippen molar-refractivity contribution >= 4 is 18.3 Å². The smallest absolute Gasteiger partial charge is 0.253 e. The number of amides is 1. The third-order valence-corrected chi connectivity index (χ3v) is 4.56. The van der Waals surface area contributed by atoms with Crippen molar-refractivity contribution in [1.29, 1.82) is 0 Å². The van der Waals surface area contributed by atoms with Crippen molar-refractivity contribution in [3.63, 3.8) is 0 Å². The highest BCUT2D eigenvalue weighted by Gasteiger charge is 2.26. The largest absolute Gasteiger partial charge is 0.497 e. The molecule has 0 spiro atoms. The number of methoxy groups -OCH3 is 1. The minimum atomic E-state index is -0.400. The van der Waals surface area contributed by atoms with E-state index < -0.39 is 6.10 Å². The fraction of sp³-hybridized carbons (Fsp3) is 0.381. The Morgan fingerprint density at radius 1 is 1.15 bits per heavy atom. The van der Waals surface area contributed by atoms with Crippen molar-refractivity contribution < 1.29 is 14.3 Å². The van der Waals surface area contributed by atoms with Gasteiger partial charge in [-0.15, -0.1) is 12.4 Å². The highest BCUT2D eigenvalue weighted by atomic mass is 35.5. The summed E-state index contributed by atoms with van der Waals surface area (Å²) in [6, 6.07) is 18.1. The van der Waals surface area contributed by atoms with Gasteiger partial charge in [0.1, 0.15) is 11.9 Å². The molecule has 1 unspecified atom stereocenters. The molecule has 0 aromatic heterocycles. The standard InChI is InChI=1S/C21H26N2O3.ClH/c1-25-19-9-7-17(8-10-19)11-13-23(16-18-5-3-2-4-6-18)21(24)20-15-22-12-14-26-20;/h2-10,20,22H,11-16H2,1H3;1H. The first kappa shape index (κ1) is 21.2. The number of ether oxygens (including phenoxy) is 2. The lowest BCUT2D eigenvalue weighted by Gasteiger charge is -2.30. The minimum Gasteiger partial charge on any atom is -0.497 e. The maximum atomic E-state index is 13.0. The zero-order valence-electron chi connectivity index (χ0n) is 15.6. The molecule has 1 amide bonds. The fourth-order valence-electron chi connectivity index (χ4n) is 3.05. The van der Waals surface area contributed by atoms with Gasteiger partial charge in [-0.05, 0) is 29.7 Å². The van der Waals surface area contributed by atoms with E-state index in [1.54, 1.807) is 7.11 Å². The third kappa shape index (κ3) is 6.24. The summed E-state index contributed by atoms with van der Waals surface area (Å²) in [5.74, 6) is 0.891. The maximum Gasteiger partial charge on any atom is 0.253 e. The Bertz CT molecular complexity index is 688. The molecule has 1 aliphatic heterocycles. The summed E-state index contributed by atoms with van der Waals surface area (Å²) in [5, 5.41) is 3.23. The average Bonchev–Trinajstić information content (AvgIpc) is 2.72. The molecule has 1 saturated heterocycles. The van der Waals surface area contributed by atoms with Gasteiger partial charge in [0.2, 0.25) is 0 Å².